The van der Waals surface area contributed by atoms with Gasteiger partial charge in [-0.15, -0.1) is 0 Å². The first-order chi connectivity index (χ1) is 9.55. The highest BCUT2D eigenvalue weighted by molar-refractivity contribution is 5.94. The third-order valence-corrected chi connectivity index (χ3v) is 3.80. The number of oxime groups is 1. The molecule has 0 aromatic heterocycles. The van der Waals surface area contributed by atoms with Crippen LogP contribution in [-0.2, 0) is 14.4 Å². The zero-order valence-corrected chi connectivity index (χ0v) is 13.4. The molecule has 1 rings (SSSR count). The summed E-state index contributed by atoms with van der Waals surface area (Å²) < 4.78 is 5.20. The van der Waals surface area contributed by atoms with Gasteiger partial charge in [0.05, 0.1) is 12.3 Å². The van der Waals surface area contributed by atoms with Crippen molar-refractivity contribution in [2.75, 3.05) is 6.61 Å². The summed E-state index contributed by atoms with van der Waals surface area (Å²) in [4.78, 5) is 17.8. The smallest absolute Gasteiger partial charge is 0.353 e. The normalized spacial score (nSPS) is 21.8. The molecule has 0 aromatic carbocycles. The minimum Gasteiger partial charge on any atom is -0.463 e. The van der Waals surface area contributed by atoms with Gasteiger partial charge < -0.3 is 9.57 Å². The van der Waals surface area contributed by atoms with Crippen LogP contribution in [0.25, 0.3) is 0 Å². The summed E-state index contributed by atoms with van der Waals surface area (Å²) in [5.41, 5.74) is 0.105. The Bertz CT molecular complexity index is 339. The summed E-state index contributed by atoms with van der Waals surface area (Å²) in [5, 5.41) is 4.12. The van der Waals surface area contributed by atoms with Gasteiger partial charge in [-0.3, -0.25) is 0 Å². The Hall–Kier alpha value is -1.06. The molecule has 1 aliphatic rings. The van der Waals surface area contributed by atoms with Crippen LogP contribution < -0.4 is 0 Å². The van der Waals surface area contributed by atoms with E-state index in [0.29, 0.717) is 25.4 Å². The largest absolute Gasteiger partial charge is 0.463 e. The van der Waals surface area contributed by atoms with E-state index in [9.17, 15) is 4.79 Å². The Morgan fingerprint density at radius 1 is 1.30 bits per heavy atom. The molecule has 0 aliphatic carbocycles. The maximum absolute atomic E-state index is 12.2. The second-order valence-electron chi connectivity index (χ2n) is 5.88. The number of esters is 1. The van der Waals surface area contributed by atoms with Crippen LogP contribution in [0.2, 0.25) is 0 Å². The number of rotatable bonds is 9. The van der Waals surface area contributed by atoms with Crippen molar-refractivity contribution in [3.05, 3.63) is 0 Å². The SMILES string of the molecule is CCCCCCCC1(C(=O)OCC)CC(C(C)C)=NO1. The molecule has 1 aliphatic heterocycles. The van der Waals surface area contributed by atoms with Crippen LogP contribution in [0.1, 0.15) is 72.6 Å². The van der Waals surface area contributed by atoms with Crippen molar-refractivity contribution in [3.8, 4) is 0 Å². The molecular formula is C16H29NO3. The van der Waals surface area contributed by atoms with Crippen LogP contribution in [0.5, 0.6) is 0 Å². The van der Waals surface area contributed by atoms with Gasteiger partial charge in [0.2, 0.25) is 5.60 Å². The third kappa shape index (κ3) is 4.50. The van der Waals surface area contributed by atoms with Gasteiger partial charge in [-0.25, -0.2) is 4.79 Å². The van der Waals surface area contributed by atoms with Crippen molar-refractivity contribution in [1.82, 2.24) is 0 Å². The lowest BCUT2D eigenvalue weighted by Crippen LogP contribution is -2.41. The van der Waals surface area contributed by atoms with E-state index < -0.39 is 5.60 Å². The van der Waals surface area contributed by atoms with E-state index in [1.165, 1.54) is 19.3 Å². The predicted octanol–water partition coefficient (Wildman–Crippen LogP) is 4.08. The van der Waals surface area contributed by atoms with Crippen LogP contribution in [0.15, 0.2) is 5.16 Å². The fraction of sp³-hybridized carbons (Fsp3) is 0.875. The molecule has 0 radical (unpaired) electrons. The summed E-state index contributed by atoms with van der Waals surface area (Å²) in [6.45, 7) is 8.56. The maximum Gasteiger partial charge on any atom is 0.353 e. The first kappa shape index (κ1) is 17.0. The number of hydrogen-bond acceptors (Lipinski definition) is 4. The fourth-order valence-corrected chi connectivity index (χ4v) is 2.43. The monoisotopic (exact) mass is 283 g/mol. The van der Waals surface area contributed by atoms with Gasteiger partial charge in [0, 0.05) is 12.8 Å². The first-order valence-electron chi connectivity index (χ1n) is 7.98. The molecule has 0 saturated carbocycles. The number of nitrogens with zero attached hydrogens (tertiary/aromatic N) is 1. The van der Waals surface area contributed by atoms with Gasteiger partial charge in [0.1, 0.15) is 0 Å². The standard InChI is InChI=1S/C16H29NO3/c1-5-7-8-9-10-11-16(15(18)19-6-2)12-14(13(3)4)17-20-16/h13H,5-12H2,1-4H3. The van der Waals surface area contributed by atoms with Crippen LogP contribution in [0.4, 0.5) is 0 Å². The molecule has 0 spiro atoms. The molecule has 0 N–H and O–H groups in total. The predicted molar refractivity (Wildman–Crippen MR) is 80.7 cm³/mol. The Kier molecular flexibility index (Phi) is 7.03. The molecule has 0 aromatic rings. The molecule has 0 amide bonds. The van der Waals surface area contributed by atoms with Crippen molar-refractivity contribution in [2.24, 2.45) is 11.1 Å². The highest BCUT2D eigenvalue weighted by Crippen LogP contribution is 2.33. The van der Waals surface area contributed by atoms with Crippen molar-refractivity contribution in [3.63, 3.8) is 0 Å². The van der Waals surface area contributed by atoms with Crippen LogP contribution in [-0.4, -0.2) is 23.9 Å². The van der Waals surface area contributed by atoms with E-state index in [0.717, 1.165) is 18.6 Å². The Labute approximate surface area is 122 Å². The molecule has 1 unspecified atom stereocenters. The zero-order chi connectivity index (χ0) is 15.0. The second kappa shape index (κ2) is 8.28. The van der Waals surface area contributed by atoms with Crippen molar-refractivity contribution >= 4 is 11.7 Å². The van der Waals surface area contributed by atoms with Gasteiger partial charge in [0.15, 0.2) is 0 Å². The number of hydrogen-bond donors (Lipinski definition) is 0. The quantitative estimate of drug-likeness (QED) is 0.473. The minimum absolute atomic E-state index is 0.255. The van der Waals surface area contributed by atoms with Gasteiger partial charge in [-0.1, -0.05) is 51.6 Å². The van der Waals surface area contributed by atoms with Gasteiger partial charge in [-0.05, 0) is 19.3 Å². The second-order valence-corrected chi connectivity index (χ2v) is 5.88. The lowest BCUT2D eigenvalue weighted by atomic mass is 9.88. The molecule has 0 bridgehead atoms. The molecular weight excluding hydrogens is 254 g/mol. The minimum atomic E-state index is -0.859. The Morgan fingerprint density at radius 3 is 2.55 bits per heavy atom. The highest BCUT2D eigenvalue weighted by atomic mass is 16.7. The molecule has 4 nitrogen and oxygen atoms in total. The van der Waals surface area contributed by atoms with Gasteiger partial charge >= 0.3 is 5.97 Å². The van der Waals surface area contributed by atoms with Crippen molar-refractivity contribution < 1.29 is 14.4 Å². The third-order valence-electron chi connectivity index (χ3n) is 3.80. The summed E-state index contributed by atoms with van der Waals surface area (Å²) >= 11 is 0. The summed E-state index contributed by atoms with van der Waals surface area (Å²) in [7, 11) is 0. The number of carbonyl (C=O) groups is 1. The van der Waals surface area contributed by atoms with Crippen LogP contribution >= 0.6 is 0 Å². The highest BCUT2D eigenvalue weighted by Gasteiger charge is 2.47. The van der Waals surface area contributed by atoms with Gasteiger partial charge in [0.25, 0.3) is 0 Å². The summed E-state index contributed by atoms with van der Waals surface area (Å²) in [5.74, 6) is 0.0567. The Morgan fingerprint density at radius 2 is 2.00 bits per heavy atom. The van der Waals surface area contributed by atoms with Crippen LogP contribution in [0.3, 0.4) is 0 Å². The Balaban J connectivity index is 2.56. The van der Waals surface area contributed by atoms with E-state index in [1.807, 2.05) is 6.92 Å². The van der Waals surface area contributed by atoms with Crippen LogP contribution in [0, 0.1) is 5.92 Å². The van der Waals surface area contributed by atoms with E-state index in [-0.39, 0.29) is 5.97 Å². The van der Waals surface area contributed by atoms with E-state index in [1.54, 1.807) is 0 Å². The maximum atomic E-state index is 12.2. The average molecular weight is 283 g/mol. The van der Waals surface area contributed by atoms with E-state index in [2.05, 4.69) is 25.9 Å². The van der Waals surface area contributed by atoms with E-state index in [4.69, 9.17) is 9.57 Å². The topological polar surface area (TPSA) is 47.9 Å². The fourth-order valence-electron chi connectivity index (χ4n) is 2.43. The average Bonchev–Trinajstić information content (AvgIpc) is 2.85. The summed E-state index contributed by atoms with van der Waals surface area (Å²) in [6, 6.07) is 0. The molecule has 20 heavy (non-hydrogen) atoms. The lowest BCUT2D eigenvalue weighted by Gasteiger charge is -2.24. The molecule has 1 heterocycles. The van der Waals surface area contributed by atoms with Crippen molar-refractivity contribution in [1.29, 1.82) is 0 Å². The molecule has 4 heteroatoms. The molecule has 0 saturated heterocycles. The first-order valence-corrected chi connectivity index (χ1v) is 7.98. The van der Waals surface area contributed by atoms with Crippen molar-refractivity contribution in [2.45, 2.75) is 78.2 Å². The number of unbranched alkanes of at least 4 members (excludes halogenated alkanes) is 4. The zero-order valence-electron chi connectivity index (χ0n) is 13.4. The molecule has 1 atom stereocenters. The number of carbonyl (C=O) groups excluding carboxylic acids is 1. The van der Waals surface area contributed by atoms with E-state index >= 15 is 0 Å². The molecule has 116 valence electrons. The number of ether oxygens (including phenoxy) is 1. The van der Waals surface area contributed by atoms with Gasteiger partial charge in [-0.2, -0.15) is 0 Å². The lowest BCUT2D eigenvalue weighted by molar-refractivity contribution is -0.170. The molecule has 0 fully saturated rings. The summed E-state index contributed by atoms with van der Waals surface area (Å²) in [6.07, 6.45) is 7.09.